The number of rotatable bonds is 6. The minimum Gasteiger partial charge on any atom is -0.347 e. The summed E-state index contributed by atoms with van der Waals surface area (Å²) in [6.07, 6.45) is 1.83. The highest BCUT2D eigenvalue weighted by atomic mass is 32.1. The van der Waals surface area contributed by atoms with Crippen molar-refractivity contribution in [3.05, 3.63) is 64.8 Å². The number of nitrogens with one attached hydrogen (secondary N) is 2. The molecule has 0 fully saturated rings. The molecule has 2 amide bonds. The third-order valence-corrected chi connectivity index (χ3v) is 4.88. The van der Waals surface area contributed by atoms with Crippen molar-refractivity contribution in [1.82, 2.24) is 15.3 Å². The molecule has 138 valence electrons. The average Bonchev–Trinajstić information content (AvgIpc) is 3.12. The maximum atomic E-state index is 12.1. The number of aryl methyl sites for hydroxylation is 2. The minimum atomic E-state index is -0.256. The van der Waals surface area contributed by atoms with Crippen molar-refractivity contribution in [2.24, 2.45) is 0 Å². The summed E-state index contributed by atoms with van der Waals surface area (Å²) in [6, 6.07) is 11.4. The summed E-state index contributed by atoms with van der Waals surface area (Å²) >= 11 is 1.44. The van der Waals surface area contributed by atoms with Gasteiger partial charge >= 0.3 is 0 Å². The largest absolute Gasteiger partial charge is 0.347 e. The lowest BCUT2D eigenvalue weighted by molar-refractivity contribution is -0.123. The second-order valence-electron chi connectivity index (χ2n) is 6.13. The Bertz CT molecular complexity index is 933. The van der Waals surface area contributed by atoms with E-state index >= 15 is 0 Å². The van der Waals surface area contributed by atoms with Gasteiger partial charge in [-0.25, -0.2) is 4.98 Å². The first-order valence-electron chi connectivity index (χ1n) is 8.51. The number of amides is 2. The zero-order chi connectivity index (χ0) is 19.2. The molecular weight excluding hydrogens is 360 g/mol. The second kappa shape index (κ2) is 8.55. The third-order valence-electron chi connectivity index (χ3n) is 3.97. The van der Waals surface area contributed by atoms with Crippen LogP contribution in [0, 0.1) is 13.8 Å². The van der Waals surface area contributed by atoms with Crippen LogP contribution in [0.5, 0.6) is 0 Å². The molecule has 0 bridgehead atoms. The lowest BCUT2D eigenvalue weighted by Gasteiger charge is -2.11. The summed E-state index contributed by atoms with van der Waals surface area (Å²) in [5.41, 5.74) is 4.20. The molecule has 27 heavy (non-hydrogen) atoms. The normalized spacial score (nSPS) is 10.4. The van der Waals surface area contributed by atoms with Crippen molar-refractivity contribution < 1.29 is 9.59 Å². The molecule has 0 atom stereocenters. The SMILES string of the molecule is Cc1cccc(C)c1NC(=O)CNC(=O)Cc1csc(-c2ccccn2)n1. The minimum absolute atomic E-state index is 0.0795. The predicted octanol–water partition coefficient (Wildman–Crippen LogP) is 3.12. The Balaban J connectivity index is 1.51. The van der Waals surface area contributed by atoms with Gasteiger partial charge in [-0.05, 0) is 37.1 Å². The number of hydrogen-bond acceptors (Lipinski definition) is 5. The van der Waals surface area contributed by atoms with Crippen LogP contribution in [-0.2, 0) is 16.0 Å². The highest BCUT2D eigenvalue weighted by Gasteiger charge is 2.12. The Hall–Kier alpha value is -3.06. The van der Waals surface area contributed by atoms with Crippen molar-refractivity contribution in [2.45, 2.75) is 20.3 Å². The fraction of sp³-hybridized carbons (Fsp3) is 0.200. The van der Waals surface area contributed by atoms with Crippen LogP contribution in [0.1, 0.15) is 16.8 Å². The number of hydrogen-bond donors (Lipinski definition) is 2. The first kappa shape index (κ1) is 18.7. The quantitative estimate of drug-likeness (QED) is 0.688. The summed E-state index contributed by atoms with van der Waals surface area (Å²) in [6.45, 7) is 3.79. The van der Waals surface area contributed by atoms with E-state index in [2.05, 4.69) is 20.6 Å². The molecule has 0 aliphatic rings. The zero-order valence-corrected chi connectivity index (χ0v) is 16.0. The smallest absolute Gasteiger partial charge is 0.243 e. The Morgan fingerprint density at radius 3 is 2.52 bits per heavy atom. The van der Waals surface area contributed by atoms with Crippen LogP contribution in [0.15, 0.2) is 48.0 Å². The van der Waals surface area contributed by atoms with Crippen molar-refractivity contribution in [3.8, 4) is 10.7 Å². The van der Waals surface area contributed by atoms with Crippen LogP contribution in [0.4, 0.5) is 5.69 Å². The van der Waals surface area contributed by atoms with Crippen molar-refractivity contribution >= 4 is 28.8 Å². The fourth-order valence-corrected chi connectivity index (χ4v) is 3.39. The number of carbonyl (C=O) groups excluding carboxylic acids is 2. The van der Waals surface area contributed by atoms with E-state index in [1.54, 1.807) is 6.20 Å². The molecule has 2 N–H and O–H groups in total. The number of benzene rings is 1. The first-order valence-corrected chi connectivity index (χ1v) is 9.39. The topological polar surface area (TPSA) is 84.0 Å². The number of thiazole rings is 1. The van der Waals surface area contributed by atoms with Gasteiger partial charge in [0.2, 0.25) is 11.8 Å². The molecule has 2 heterocycles. The van der Waals surface area contributed by atoms with Crippen LogP contribution in [0.25, 0.3) is 10.7 Å². The molecule has 0 spiro atoms. The summed E-state index contributed by atoms with van der Waals surface area (Å²) in [4.78, 5) is 32.9. The molecule has 0 aliphatic heterocycles. The van der Waals surface area contributed by atoms with Crippen molar-refractivity contribution in [2.75, 3.05) is 11.9 Å². The Morgan fingerprint density at radius 1 is 1.04 bits per heavy atom. The molecule has 0 aliphatic carbocycles. The predicted molar refractivity (Wildman–Crippen MR) is 107 cm³/mol. The highest BCUT2D eigenvalue weighted by Crippen LogP contribution is 2.21. The summed E-state index contributed by atoms with van der Waals surface area (Å²) < 4.78 is 0. The van der Waals surface area contributed by atoms with E-state index in [1.165, 1.54) is 11.3 Å². The van der Waals surface area contributed by atoms with Crippen LogP contribution in [0.3, 0.4) is 0 Å². The maximum Gasteiger partial charge on any atom is 0.243 e. The summed E-state index contributed by atoms with van der Waals surface area (Å²) in [7, 11) is 0. The van der Waals surface area contributed by atoms with Gasteiger partial charge in [0, 0.05) is 17.3 Å². The van der Waals surface area contributed by atoms with E-state index in [1.807, 2.05) is 55.6 Å². The van der Waals surface area contributed by atoms with Gasteiger partial charge in [0.1, 0.15) is 5.01 Å². The molecule has 2 aromatic heterocycles. The molecule has 1 aromatic carbocycles. The number of anilines is 1. The number of carbonyl (C=O) groups is 2. The van der Waals surface area contributed by atoms with Crippen LogP contribution < -0.4 is 10.6 Å². The summed E-state index contributed by atoms with van der Waals surface area (Å²) in [5.74, 6) is -0.502. The first-order chi connectivity index (χ1) is 13.0. The van der Waals surface area contributed by atoms with Crippen molar-refractivity contribution in [3.63, 3.8) is 0 Å². The molecule has 0 saturated carbocycles. The number of aromatic nitrogens is 2. The Labute approximate surface area is 161 Å². The molecule has 3 rings (SSSR count). The van der Waals surface area contributed by atoms with E-state index in [-0.39, 0.29) is 24.8 Å². The third kappa shape index (κ3) is 4.98. The molecule has 0 radical (unpaired) electrons. The van der Waals surface area contributed by atoms with Gasteiger partial charge in [0.15, 0.2) is 0 Å². The number of pyridine rings is 1. The number of para-hydroxylation sites is 1. The second-order valence-corrected chi connectivity index (χ2v) is 6.99. The van der Waals surface area contributed by atoms with E-state index < -0.39 is 0 Å². The molecule has 0 saturated heterocycles. The molecule has 0 unspecified atom stereocenters. The monoisotopic (exact) mass is 380 g/mol. The fourth-order valence-electron chi connectivity index (χ4n) is 2.60. The van der Waals surface area contributed by atoms with Gasteiger partial charge in [0.25, 0.3) is 0 Å². The molecule has 6 nitrogen and oxygen atoms in total. The van der Waals surface area contributed by atoms with Crippen LogP contribution in [-0.4, -0.2) is 28.3 Å². The van der Waals surface area contributed by atoms with Gasteiger partial charge in [0.05, 0.1) is 24.4 Å². The van der Waals surface area contributed by atoms with Gasteiger partial charge in [-0.15, -0.1) is 11.3 Å². The Morgan fingerprint density at radius 2 is 1.81 bits per heavy atom. The van der Waals surface area contributed by atoms with E-state index in [0.717, 1.165) is 27.5 Å². The van der Waals surface area contributed by atoms with E-state index in [4.69, 9.17) is 0 Å². The molecular formula is C20H20N4O2S. The van der Waals surface area contributed by atoms with Gasteiger partial charge in [-0.1, -0.05) is 24.3 Å². The Kier molecular flexibility index (Phi) is 5.93. The van der Waals surface area contributed by atoms with Gasteiger partial charge in [-0.2, -0.15) is 0 Å². The number of nitrogens with zero attached hydrogens (tertiary/aromatic N) is 2. The zero-order valence-electron chi connectivity index (χ0n) is 15.2. The lowest BCUT2D eigenvalue weighted by Crippen LogP contribution is -2.34. The van der Waals surface area contributed by atoms with Crippen LogP contribution >= 0.6 is 11.3 Å². The molecule has 3 aromatic rings. The average molecular weight is 380 g/mol. The summed E-state index contributed by atoms with van der Waals surface area (Å²) in [5, 5.41) is 8.09. The maximum absolute atomic E-state index is 12.1. The lowest BCUT2D eigenvalue weighted by atomic mass is 10.1. The van der Waals surface area contributed by atoms with Gasteiger partial charge in [-0.3, -0.25) is 14.6 Å². The van der Waals surface area contributed by atoms with E-state index in [9.17, 15) is 9.59 Å². The molecule has 7 heteroatoms. The highest BCUT2D eigenvalue weighted by molar-refractivity contribution is 7.13. The van der Waals surface area contributed by atoms with Crippen LogP contribution in [0.2, 0.25) is 0 Å². The van der Waals surface area contributed by atoms with E-state index in [0.29, 0.717) is 5.69 Å². The standard InChI is InChI=1S/C20H20N4O2S/c1-13-6-5-7-14(2)19(13)24-18(26)11-22-17(25)10-15-12-27-20(23-15)16-8-3-4-9-21-16/h3-9,12H,10-11H2,1-2H3,(H,22,25)(H,24,26). The van der Waals surface area contributed by atoms with Crippen molar-refractivity contribution in [1.29, 1.82) is 0 Å². The van der Waals surface area contributed by atoms with Gasteiger partial charge < -0.3 is 10.6 Å².